The average Bonchev–Trinajstić information content (AvgIpc) is 3.38. The van der Waals surface area contributed by atoms with Gasteiger partial charge in [-0.05, 0) is 35.4 Å². The SMILES string of the molecule is Cc1csc(CCNC(=O)CC(c2cccc3ccccc23)n2cccc2)n1. The van der Waals surface area contributed by atoms with Gasteiger partial charge in [0.25, 0.3) is 0 Å². The Morgan fingerprint density at radius 3 is 2.68 bits per heavy atom. The molecule has 4 aromatic rings. The van der Waals surface area contributed by atoms with Crippen molar-refractivity contribution in [1.29, 1.82) is 0 Å². The third-order valence-corrected chi connectivity index (χ3v) is 5.90. The Bertz CT molecular complexity index is 1060. The summed E-state index contributed by atoms with van der Waals surface area (Å²) in [6.45, 7) is 2.60. The number of aryl methyl sites for hydroxylation is 1. The molecule has 2 aromatic carbocycles. The van der Waals surface area contributed by atoms with Crippen molar-refractivity contribution in [1.82, 2.24) is 14.9 Å². The van der Waals surface area contributed by atoms with E-state index in [0.29, 0.717) is 13.0 Å². The van der Waals surface area contributed by atoms with E-state index in [-0.39, 0.29) is 11.9 Å². The first-order valence-electron chi connectivity index (χ1n) is 9.48. The molecular weight excluding hydrogens is 366 g/mol. The second-order valence-electron chi connectivity index (χ2n) is 6.90. The lowest BCUT2D eigenvalue weighted by Crippen LogP contribution is -2.28. The molecular formula is C23H23N3OS. The number of carbonyl (C=O) groups is 1. The van der Waals surface area contributed by atoms with Crippen molar-refractivity contribution >= 4 is 28.0 Å². The smallest absolute Gasteiger partial charge is 0.222 e. The molecule has 0 saturated carbocycles. The summed E-state index contributed by atoms with van der Waals surface area (Å²) in [6.07, 6.45) is 5.22. The maximum atomic E-state index is 12.7. The van der Waals surface area contributed by atoms with Crippen LogP contribution >= 0.6 is 11.3 Å². The zero-order chi connectivity index (χ0) is 19.3. The number of benzene rings is 2. The number of nitrogens with zero attached hydrogens (tertiary/aromatic N) is 2. The molecule has 0 aliphatic rings. The van der Waals surface area contributed by atoms with Crippen molar-refractivity contribution in [2.45, 2.75) is 25.8 Å². The van der Waals surface area contributed by atoms with E-state index in [4.69, 9.17) is 0 Å². The number of amides is 1. The van der Waals surface area contributed by atoms with E-state index < -0.39 is 0 Å². The molecule has 0 saturated heterocycles. The van der Waals surface area contributed by atoms with Crippen molar-refractivity contribution in [2.24, 2.45) is 0 Å². The second-order valence-corrected chi connectivity index (χ2v) is 7.84. The summed E-state index contributed by atoms with van der Waals surface area (Å²) in [6, 6.07) is 18.6. The molecule has 0 radical (unpaired) electrons. The quantitative estimate of drug-likeness (QED) is 0.496. The molecule has 142 valence electrons. The van der Waals surface area contributed by atoms with E-state index in [1.54, 1.807) is 11.3 Å². The lowest BCUT2D eigenvalue weighted by atomic mass is 9.96. The molecule has 0 fully saturated rings. The van der Waals surface area contributed by atoms with Gasteiger partial charge in [-0.1, -0.05) is 42.5 Å². The van der Waals surface area contributed by atoms with Crippen LogP contribution in [-0.4, -0.2) is 22.0 Å². The third kappa shape index (κ3) is 4.15. The van der Waals surface area contributed by atoms with Crippen LogP contribution in [0.1, 0.15) is 28.7 Å². The summed E-state index contributed by atoms with van der Waals surface area (Å²) >= 11 is 1.64. The molecule has 4 nitrogen and oxygen atoms in total. The number of hydrogen-bond donors (Lipinski definition) is 1. The molecule has 1 unspecified atom stereocenters. The molecule has 0 aliphatic carbocycles. The van der Waals surface area contributed by atoms with E-state index in [1.807, 2.05) is 42.9 Å². The first kappa shape index (κ1) is 18.4. The summed E-state index contributed by atoms with van der Waals surface area (Å²) in [5.74, 6) is 0.0555. The largest absolute Gasteiger partial charge is 0.356 e. The maximum Gasteiger partial charge on any atom is 0.222 e. The zero-order valence-corrected chi connectivity index (χ0v) is 16.7. The fraction of sp³-hybridized carbons (Fsp3) is 0.217. The van der Waals surface area contributed by atoms with Gasteiger partial charge in [-0.3, -0.25) is 4.79 Å². The average molecular weight is 390 g/mol. The van der Waals surface area contributed by atoms with E-state index in [2.05, 4.69) is 51.3 Å². The number of rotatable bonds is 7. The molecule has 2 aromatic heterocycles. The van der Waals surface area contributed by atoms with Crippen molar-refractivity contribution in [3.8, 4) is 0 Å². The number of hydrogen-bond acceptors (Lipinski definition) is 3. The lowest BCUT2D eigenvalue weighted by molar-refractivity contribution is -0.121. The van der Waals surface area contributed by atoms with Crippen LogP contribution in [-0.2, 0) is 11.2 Å². The van der Waals surface area contributed by atoms with Gasteiger partial charge in [-0.25, -0.2) is 4.98 Å². The summed E-state index contributed by atoms with van der Waals surface area (Å²) in [4.78, 5) is 17.2. The van der Waals surface area contributed by atoms with E-state index in [9.17, 15) is 4.79 Å². The molecule has 0 spiro atoms. The van der Waals surface area contributed by atoms with Gasteiger partial charge in [-0.2, -0.15) is 0 Å². The molecule has 5 heteroatoms. The van der Waals surface area contributed by atoms with Crippen LogP contribution in [0.25, 0.3) is 10.8 Å². The van der Waals surface area contributed by atoms with Crippen LogP contribution in [0.3, 0.4) is 0 Å². The molecule has 1 atom stereocenters. The van der Waals surface area contributed by atoms with Crippen LogP contribution in [0, 0.1) is 6.92 Å². The molecule has 1 amide bonds. The molecule has 0 aliphatic heterocycles. The van der Waals surface area contributed by atoms with Crippen LogP contribution in [0.4, 0.5) is 0 Å². The van der Waals surface area contributed by atoms with Gasteiger partial charge in [0.1, 0.15) is 0 Å². The van der Waals surface area contributed by atoms with Crippen molar-refractivity contribution in [2.75, 3.05) is 6.54 Å². The summed E-state index contributed by atoms with van der Waals surface area (Å²) < 4.78 is 2.12. The summed E-state index contributed by atoms with van der Waals surface area (Å²) in [5, 5.41) is 8.55. The Labute approximate surface area is 168 Å². The summed E-state index contributed by atoms with van der Waals surface area (Å²) in [5.41, 5.74) is 2.20. The van der Waals surface area contributed by atoms with Gasteiger partial charge >= 0.3 is 0 Å². The van der Waals surface area contributed by atoms with Crippen LogP contribution in [0.2, 0.25) is 0 Å². The summed E-state index contributed by atoms with van der Waals surface area (Å²) in [7, 11) is 0. The predicted octanol–water partition coefficient (Wildman–Crippen LogP) is 4.74. The van der Waals surface area contributed by atoms with Crippen molar-refractivity contribution in [3.63, 3.8) is 0 Å². The molecule has 4 rings (SSSR count). The number of fused-ring (bicyclic) bond motifs is 1. The zero-order valence-electron chi connectivity index (χ0n) is 15.8. The first-order chi connectivity index (χ1) is 13.7. The fourth-order valence-electron chi connectivity index (χ4n) is 3.55. The topological polar surface area (TPSA) is 46.9 Å². The Hall–Kier alpha value is -2.92. The Balaban J connectivity index is 1.51. The van der Waals surface area contributed by atoms with Gasteiger partial charge in [0, 0.05) is 36.4 Å². The van der Waals surface area contributed by atoms with Gasteiger partial charge in [0.15, 0.2) is 0 Å². The monoisotopic (exact) mass is 389 g/mol. The van der Waals surface area contributed by atoms with Crippen LogP contribution in [0.5, 0.6) is 0 Å². The minimum absolute atomic E-state index is 0.0387. The third-order valence-electron chi connectivity index (χ3n) is 4.88. The van der Waals surface area contributed by atoms with Gasteiger partial charge in [-0.15, -0.1) is 11.3 Å². The highest BCUT2D eigenvalue weighted by atomic mass is 32.1. The number of carbonyl (C=O) groups excluding carboxylic acids is 1. The standard InChI is InChI=1S/C23H23N3OS/c1-17-16-28-23(25-17)11-12-24-22(27)15-21(26-13-4-5-14-26)20-10-6-8-18-7-2-3-9-19(18)20/h2-10,13-14,16,21H,11-12,15H2,1H3,(H,24,27). The maximum absolute atomic E-state index is 12.7. The molecule has 1 N–H and O–H groups in total. The number of nitrogens with one attached hydrogen (secondary N) is 1. The Morgan fingerprint density at radius 2 is 1.89 bits per heavy atom. The van der Waals surface area contributed by atoms with E-state index in [0.717, 1.165) is 17.1 Å². The van der Waals surface area contributed by atoms with Crippen molar-refractivity contribution in [3.05, 3.63) is 88.6 Å². The van der Waals surface area contributed by atoms with E-state index >= 15 is 0 Å². The molecule has 2 heterocycles. The van der Waals surface area contributed by atoms with Crippen LogP contribution in [0.15, 0.2) is 72.4 Å². The highest BCUT2D eigenvalue weighted by Crippen LogP contribution is 2.29. The minimum Gasteiger partial charge on any atom is -0.356 e. The molecule has 28 heavy (non-hydrogen) atoms. The number of aromatic nitrogens is 2. The van der Waals surface area contributed by atoms with Gasteiger partial charge in [0.05, 0.1) is 17.5 Å². The van der Waals surface area contributed by atoms with Gasteiger partial charge < -0.3 is 9.88 Å². The second kappa shape index (κ2) is 8.40. The first-order valence-corrected chi connectivity index (χ1v) is 10.4. The Kier molecular flexibility index (Phi) is 5.53. The lowest BCUT2D eigenvalue weighted by Gasteiger charge is -2.21. The van der Waals surface area contributed by atoms with Gasteiger partial charge in [0.2, 0.25) is 5.91 Å². The fourth-order valence-corrected chi connectivity index (χ4v) is 4.32. The van der Waals surface area contributed by atoms with Crippen LogP contribution < -0.4 is 5.32 Å². The highest BCUT2D eigenvalue weighted by molar-refractivity contribution is 7.09. The van der Waals surface area contributed by atoms with E-state index in [1.165, 1.54) is 16.3 Å². The predicted molar refractivity (Wildman–Crippen MR) is 115 cm³/mol. The highest BCUT2D eigenvalue weighted by Gasteiger charge is 2.19. The molecule has 0 bridgehead atoms. The number of thiazole rings is 1. The Morgan fingerprint density at radius 1 is 1.11 bits per heavy atom. The normalized spacial score (nSPS) is 12.2. The van der Waals surface area contributed by atoms with Crippen molar-refractivity contribution < 1.29 is 4.79 Å². The minimum atomic E-state index is -0.0387.